The van der Waals surface area contributed by atoms with Gasteiger partial charge in [-0.25, -0.2) is 9.59 Å². The Kier molecular flexibility index (Phi) is 13.6. The van der Waals surface area contributed by atoms with Gasteiger partial charge in [-0.05, 0) is 68.9 Å². The number of amides is 3. The lowest BCUT2D eigenvalue weighted by Crippen LogP contribution is -2.62. The third-order valence-corrected chi connectivity index (χ3v) is 8.33. The summed E-state index contributed by atoms with van der Waals surface area (Å²) in [5.74, 6) is -3.16. The second kappa shape index (κ2) is 17.2. The number of hydrogen-bond acceptors (Lipinski definition) is 7. The summed E-state index contributed by atoms with van der Waals surface area (Å²) >= 11 is 0. The maximum absolute atomic E-state index is 13.1. The molecule has 1 heterocycles. The molecule has 1 saturated carbocycles. The largest absolute Gasteiger partial charge is 0.490 e. The number of alkyl carbamates (subject to hydrolysis) is 1. The number of halogens is 3. The lowest BCUT2D eigenvalue weighted by Gasteiger charge is -2.44. The number of carboxylic acid groups (broad SMARTS) is 1. The van der Waals surface area contributed by atoms with Crippen molar-refractivity contribution in [3.63, 3.8) is 0 Å². The number of aryl methyl sites for hydroxylation is 1. The van der Waals surface area contributed by atoms with E-state index in [1.54, 1.807) is 13.8 Å². The highest BCUT2D eigenvalue weighted by atomic mass is 19.4. The molecule has 4 rings (SSSR count). The Hall–Kier alpha value is -4.62. The smallest absolute Gasteiger partial charge is 0.475 e. The minimum atomic E-state index is -5.08. The molecule has 3 amide bonds. The van der Waals surface area contributed by atoms with E-state index in [9.17, 15) is 32.3 Å². The molecule has 2 aromatic rings. The molecule has 11 nitrogen and oxygen atoms in total. The summed E-state index contributed by atoms with van der Waals surface area (Å²) in [6.45, 7) is 7.59. The Labute approximate surface area is 283 Å². The van der Waals surface area contributed by atoms with Crippen LogP contribution in [0.3, 0.4) is 0 Å². The Morgan fingerprint density at radius 2 is 1.55 bits per heavy atom. The van der Waals surface area contributed by atoms with E-state index in [0.717, 1.165) is 18.4 Å². The zero-order chi connectivity index (χ0) is 36.4. The Balaban J connectivity index is 0.000000838. The molecule has 1 saturated heterocycles. The van der Waals surface area contributed by atoms with Crippen LogP contribution in [0.2, 0.25) is 0 Å². The quantitative estimate of drug-likeness (QED) is 0.203. The lowest BCUT2D eigenvalue weighted by molar-refractivity contribution is -0.208. The van der Waals surface area contributed by atoms with E-state index in [0.29, 0.717) is 19.3 Å². The molecular weight excluding hydrogens is 647 g/mol. The molecule has 0 bridgehead atoms. The summed E-state index contributed by atoms with van der Waals surface area (Å²) in [6, 6.07) is 18.4. The molecule has 6 atom stereocenters. The molecule has 2 aromatic carbocycles. The molecule has 1 aliphatic heterocycles. The van der Waals surface area contributed by atoms with E-state index in [1.807, 2.05) is 62.4 Å². The van der Waals surface area contributed by atoms with E-state index in [-0.39, 0.29) is 48.3 Å². The van der Waals surface area contributed by atoms with Crippen molar-refractivity contribution in [2.75, 3.05) is 0 Å². The van der Waals surface area contributed by atoms with Gasteiger partial charge < -0.3 is 30.5 Å². The van der Waals surface area contributed by atoms with Gasteiger partial charge in [-0.2, -0.15) is 13.2 Å². The summed E-state index contributed by atoms with van der Waals surface area (Å²) in [5.41, 5.74) is 1.24. The predicted octanol–water partition coefficient (Wildman–Crippen LogP) is 4.92. The fourth-order valence-corrected chi connectivity index (χ4v) is 5.68. The van der Waals surface area contributed by atoms with Crippen LogP contribution in [-0.2, 0) is 41.7 Å². The molecule has 49 heavy (non-hydrogen) atoms. The first kappa shape index (κ1) is 38.8. The second-order valence-corrected chi connectivity index (χ2v) is 13.1. The number of carbonyl (C=O) groups excluding carboxylic acids is 4. The standard InChI is InChI=1S/C33H43N3O6.C2HF3O2/c1-21(2)19-33(4)28(42-31(33)39)30(38)36-27-18-25(27)17-26(16-15-23-11-7-5-8-12-23)35-29(37)22(3)34-32(40)41-20-24-13-9-6-10-14-24;3-2(4,5)1(6)7/h5-14,21-22,25-28H,15-20H2,1-4H3,(H,34,40)(H,35,37)(H,36,38);(H,6,7)/t22-,25+,26?,27-,28-,33-;/m0./s1. The van der Waals surface area contributed by atoms with Crippen molar-refractivity contribution in [2.24, 2.45) is 17.3 Å². The first-order valence-corrected chi connectivity index (χ1v) is 16.1. The maximum atomic E-state index is 13.1. The summed E-state index contributed by atoms with van der Waals surface area (Å²) in [4.78, 5) is 59.4. The van der Waals surface area contributed by atoms with Gasteiger partial charge in [-0.1, -0.05) is 74.5 Å². The molecule has 1 unspecified atom stereocenters. The van der Waals surface area contributed by atoms with Crippen molar-refractivity contribution in [3.8, 4) is 0 Å². The van der Waals surface area contributed by atoms with Gasteiger partial charge in [0.1, 0.15) is 18.1 Å². The number of carbonyl (C=O) groups is 5. The fourth-order valence-electron chi connectivity index (χ4n) is 5.68. The maximum Gasteiger partial charge on any atom is 0.490 e. The molecule has 0 aromatic heterocycles. The van der Waals surface area contributed by atoms with E-state index in [4.69, 9.17) is 19.4 Å². The van der Waals surface area contributed by atoms with E-state index in [1.165, 1.54) is 5.56 Å². The minimum absolute atomic E-state index is 0.0280. The number of benzene rings is 2. The molecule has 2 aliphatic rings. The number of carboxylic acids is 1. The zero-order valence-electron chi connectivity index (χ0n) is 27.9. The molecule has 14 heteroatoms. The van der Waals surface area contributed by atoms with Gasteiger partial charge >= 0.3 is 24.2 Å². The minimum Gasteiger partial charge on any atom is -0.475 e. The number of cyclic esters (lactones) is 1. The summed E-state index contributed by atoms with van der Waals surface area (Å²) in [5, 5.41) is 15.9. The monoisotopic (exact) mass is 691 g/mol. The van der Waals surface area contributed by atoms with Crippen molar-refractivity contribution >= 4 is 29.8 Å². The number of aliphatic carboxylic acids is 1. The van der Waals surface area contributed by atoms with E-state index < -0.39 is 35.8 Å². The van der Waals surface area contributed by atoms with Crippen molar-refractivity contribution in [3.05, 3.63) is 71.8 Å². The zero-order valence-corrected chi connectivity index (χ0v) is 27.9. The third kappa shape index (κ3) is 12.1. The molecule has 0 spiro atoms. The fraction of sp³-hybridized carbons (Fsp3) is 0.514. The number of nitrogens with one attached hydrogen (secondary N) is 3. The van der Waals surface area contributed by atoms with Gasteiger partial charge in [-0.3, -0.25) is 14.4 Å². The van der Waals surface area contributed by atoms with Crippen LogP contribution in [0.5, 0.6) is 0 Å². The molecule has 268 valence electrons. The Bertz CT molecular complexity index is 1440. The van der Waals surface area contributed by atoms with Crippen LogP contribution in [0, 0.1) is 17.3 Å². The highest BCUT2D eigenvalue weighted by Gasteiger charge is 2.59. The first-order chi connectivity index (χ1) is 23.0. The van der Waals surface area contributed by atoms with Crippen molar-refractivity contribution < 1.29 is 51.7 Å². The number of alkyl halides is 3. The van der Waals surface area contributed by atoms with Gasteiger partial charge in [0, 0.05) is 12.1 Å². The van der Waals surface area contributed by atoms with Crippen LogP contribution in [-0.4, -0.2) is 65.4 Å². The Morgan fingerprint density at radius 3 is 2.08 bits per heavy atom. The molecular formula is C35H44F3N3O8. The normalized spacial score (nSPS) is 22.2. The van der Waals surface area contributed by atoms with E-state index in [2.05, 4.69) is 28.1 Å². The number of hydrogen-bond donors (Lipinski definition) is 4. The van der Waals surface area contributed by atoms with Crippen LogP contribution in [0.4, 0.5) is 18.0 Å². The van der Waals surface area contributed by atoms with Crippen molar-refractivity contribution in [2.45, 2.75) is 96.8 Å². The number of ether oxygens (including phenoxy) is 2. The molecule has 4 N–H and O–H groups in total. The Morgan fingerprint density at radius 1 is 0.980 bits per heavy atom. The summed E-state index contributed by atoms with van der Waals surface area (Å²) in [7, 11) is 0. The summed E-state index contributed by atoms with van der Waals surface area (Å²) < 4.78 is 42.2. The van der Waals surface area contributed by atoms with Crippen LogP contribution in [0.25, 0.3) is 0 Å². The van der Waals surface area contributed by atoms with Crippen molar-refractivity contribution in [1.82, 2.24) is 16.0 Å². The average Bonchev–Trinajstić information content (AvgIpc) is 3.78. The first-order valence-electron chi connectivity index (χ1n) is 16.1. The van der Waals surface area contributed by atoms with Crippen LogP contribution in [0.1, 0.15) is 64.5 Å². The lowest BCUT2D eigenvalue weighted by atomic mass is 9.73. The summed E-state index contributed by atoms with van der Waals surface area (Å²) in [6.07, 6.45) is -2.94. The van der Waals surface area contributed by atoms with Gasteiger partial charge in [0.05, 0.1) is 0 Å². The van der Waals surface area contributed by atoms with Gasteiger partial charge in [0.15, 0.2) is 6.10 Å². The van der Waals surface area contributed by atoms with Crippen molar-refractivity contribution in [1.29, 1.82) is 0 Å². The third-order valence-electron chi connectivity index (χ3n) is 8.33. The average molecular weight is 692 g/mol. The second-order valence-electron chi connectivity index (χ2n) is 13.1. The highest BCUT2D eigenvalue weighted by molar-refractivity contribution is 5.97. The molecule has 2 fully saturated rings. The number of esters is 1. The van der Waals surface area contributed by atoms with Crippen LogP contribution in [0.15, 0.2) is 60.7 Å². The highest BCUT2D eigenvalue weighted by Crippen LogP contribution is 2.43. The van der Waals surface area contributed by atoms with Gasteiger partial charge in [0.2, 0.25) is 5.91 Å². The van der Waals surface area contributed by atoms with Crippen LogP contribution < -0.4 is 16.0 Å². The molecule has 0 radical (unpaired) electrons. The number of rotatable bonds is 14. The van der Waals surface area contributed by atoms with Gasteiger partial charge in [0.25, 0.3) is 5.91 Å². The van der Waals surface area contributed by atoms with E-state index >= 15 is 0 Å². The topological polar surface area (TPSA) is 160 Å². The SMILES string of the molecule is CC(C)C[C@]1(C)C(=O)O[C@H]1C(=O)N[C@H]1C[C@H]1CC(CCc1ccccc1)NC(=O)[C@H](C)NC(=O)OCc1ccccc1.O=C(O)C(F)(F)F. The van der Waals surface area contributed by atoms with Crippen LogP contribution >= 0.6 is 0 Å². The predicted molar refractivity (Wildman–Crippen MR) is 172 cm³/mol. The van der Waals surface area contributed by atoms with Gasteiger partial charge in [-0.15, -0.1) is 0 Å². The molecule has 1 aliphatic carbocycles.